The molecule has 1 N–H and O–H groups in total. The number of allylic oxidation sites excluding steroid dienone is 4. The molecule has 3 heteroatoms. The number of benzene rings is 1. The molecule has 1 aliphatic carbocycles. The summed E-state index contributed by atoms with van der Waals surface area (Å²) in [5.41, 5.74) is 6.49. The van der Waals surface area contributed by atoms with Crippen LogP contribution in [0.3, 0.4) is 0 Å². The van der Waals surface area contributed by atoms with E-state index in [4.69, 9.17) is 0 Å². The van der Waals surface area contributed by atoms with E-state index in [2.05, 4.69) is 49.5 Å². The third kappa shape index (κ3) is 5.85. The van der Waals surface area contributed by atoms with Crippen LogP contribution in [0.2, 0.25) is 0 Å². The number of rotatable bonds is 7. The quantitative estimate of drug-likeness (QED) is 0.447. The zero-order valence-electron chi connectivity index (χ0n) is 14.3. The average molecular weight is 310 g/mol. The summed E-state index contributed by atoms with van der Waals surface area (Å²) < 4.78 is 0. The van der Waals surface area contributed by atoms with Gasteiger partial charge in [-0.25, -0.2) is 5.43 Å². The number of nitrogens with zero attached hydrogens (tertiary/aromatic N) is 1. The lowest BCUT2D eigenvalue weighted by Crippen LogP contribution is -2.19. The molecule has 0 bridgehead atoms. The molecule has 1 fully saturated rings. The second-order valence-corrected chi connectivity index (χ2v) is 6.45. The SMILES string of the molecule is CC(C)=CCC/C(C)=C\C=N/NC(=O)[C@H]1C[C@H]1c1ccccc1. The Balaban J connectivity index is 1.72. The van der Waals surface area contributed by atoms with Gasteiger partial charge in [-0.05, 0) is 57.6 Å². The molecule has 23 heavy (non-hydrogen) atoms. The van der Waals surface area contributed by atoms with Crippen LogP contribution in [0.4, 0.5) is 0 Å². The molecule has 0 spiro atoms. The van der Waals surface area contributed by atoms with E-state index in [0.717, 1.165) is 19.3 Å². The number of carbonyl (C=O) groups is 1. The van der Waals surface area contributed by atoms with Crippen molar-refractivity contribution in [3.8, 4) is 0 Å². The Morgan fingerprint density at radius 3 is 2.70 bits per heavy atom. The highest BCUT2D eigenvalue weighted by Crippen LogP contribution is 2.47. The molecule has 0 radical (unpaired) electrons. The lowest BCUT2D eigenvalue weighted by Gasteiger charge is -2.00. The first-order valence-corrected chi connectivity index (χ1v) is 8.25. The van der Waals surface area contributed by atoms with Gasteiger partial charge in [-0.15, -0.1) is 0 Å². The minimum atomic E-state index is 0.0192. The fourth-order valence-corrected chi connectivity index (χ4v) is 2.57. The number of carbonyl (C=O) groups excluding carboxylic acids is 1. The van der Waals surface area contributed by atoms with Crippen molar-refractivity contribution in [2.45, 2.75) is 46.0 Å². The van der Waals surface area contributed by atoms with E-state index in [1.54, 1.807) is 6.21 Å². The Labute approximate surface area is 139 Å². The molecule has 3 nitrogen and oxygen atoms in total. The fourth-order valence-electron chi connectivity index (χ4n) is 2.57. The Kier molecular flexibility index (Phi) is 6.33. The number of amides is 1. The standard InChI is InChI=1S/C20H26N2O/c1-15(2)8-7-9-16(3)12-13-21-22-20(23)19-14-18(19)17-10-5-4-6-11-17/h4-6,8,10-13,18-19H,7,9,14H2,1-3H3,(H,22,23)/b16-12-,21-13-/t18-,19-/m0/s1. The minimum Gasteiger partial charge on any atom is -0.273 e. The van der Waals surface area contributed by atoms with Gasteiger partial charge in [0.25, 0.3) is 0 Å². The molecule has 2 atom stereocenters. The average Bonchev–Trinajstić information content (AvgIpc) is 3.32. The molecule has 1 saturated carbocycles. The smallest absolute Gasteiger partial charge is 0.243 e. The highest BCUT2D eigenvalue weighted by Gasteiger charge is 2.43. The summed E-state index contributed by atoms with van der Waals surface area (Å²) in [6, 6.07) is 10.2. The summed E-state index contributed by atoms with van der Waals surface area (Å²) >= 11 is 0. The van der Waals surface area contributed by atoms with Crippen LogP contribution in [0.1, 0.15) is 51.5 Å². The Bertz CT molecular complexity index is 610. The first-order valence-electron chi connectivity index (χ1n) is 8.25. The summed E-state index contributed by atoms with van der Waals surface area (Å²) in [4.78, 5) is 12.0. The lowest BCUT2D eigenvalue weighted by molar-refractivity contribution is -0.122. The van der Waals surface area contributed by atoms with Gasteiger partial charge in [0.1, 0.15) is 0 Å². The summed E-state index contributed by atoms with van der Waals surface area (Å²) in [7, 11) is 0. The van der Waals surface area contributed by atoms with Crippen LogP contribution in [-0.2, 0) is 4.79 Å². The van der Waals surface area contributed by atoms with Crippen LogP contribution < -0.4 is 5.43 Å². The van der Waals surface area contributed by atoms with Crippen LogP contribution >= 0.6 is 0 Å². The van der Waals surface area contributed by atoms with E-state index in [1.165, 1.54) is 16.7 Å². The molecule has 1 aromatic rings. The minimum absolute atomic E-state index is 0.0192. The molecule has 2 rings (SSSR count). The molecule has 1 aromatic carbocycles. The topological polar surface area (TPSA) is 41.5 Å². The van der Waals surface area contributed by atoms with Crippen molar-refractivity contribution in [3.05, 3.63) is 59.2 Å². The zero-order chi connectivity index (χ0) is 16.7. The molecular formula is C20H26N2O. The second-order valence-electron chi connectivity index (χ2n) is 6.45. The Morgan fingerprint density at radius 2 is 2.00 bits per heavy atom. The number of hydrogen-bond donors (Lipinski definition) is 1. The predicted octanol–water partition coefficient (Wildman–Crippen LogP) is 4.58. The molecule has 0 heterocycles. The van der Waals surface area contributed by atoms with Gasteiger partial charge in [0, 0.05) is 12.1 Å². The molecular weight excluding hydrogens is 284 g/mol. The molecule has 122 valence electrons. The zero-order valence-corrected chi connectivity index (χ0v) is 14.3. The van der Waals surface area contributed by atoms with Gasteiger partial charge in [-0.2, -0.15) is 5.10 Å². The highest BCUT2D eigenvalue weighted by atomic mass is 16.2. The fraction of sp³-hybridized carbons (Fsp3) is 0.400. The number of hydrogen-bond acceptors (Lipinski definition) is 2. The van der Waals surface area contributed by atoms with Gasteiger partial charge >= 0.3 is 0 Å². The van der Waals surface area contributed by atoms with Crippen molar-refractivity contribution < 1.29 is 4.79 Å². The summed E-state index contributed by atoms with van der Waals surface area (Å²) in [5.74, 6) is 0.440. The largest absolute Gasteiger partial charge is 0.273 e. The Morgan fingerprint density at radius 1 is 1.26 bits per heavy atom. The van der Waals surface area contributed by atoms with Gasteiger partial charge < -0.3 is 0 Å². The summed E-state index contributed by atoms with van der Waals surface area (Å²) in [6.07, 6.45) is 8.85. The van der Waals surface area contributed by atoms with Crippen molar-refractivity contribution in [2.75, 3.05) is 0 Å². The monoisotopic (exact) mass is 310 g/mol. The van der Waals surface area contributed by atoms with Crippen molar-refractivity contribution in [3.63, 3.8) is 0 Å². The maximum absolute atomic E-state index is 12.0. The highest BCUT2D eigenvalue weighted by molar-refractivity contribution is 5.84. The molecule has 0 saturated heterocycles. The number of hydrazone groups is 1. The molecule has 0 unspecified atom stereocenters. The first kappa shape index (κ1) is 17.2. The van der Waals surface area contributed by atoms with Crippen LogP contribution in [0, 0.1) is 5.92 Å². The molecule has 1 amide bonds. The third-order valence-electron chi connectivity index (χ3n) is 4.05. The van der Waals surface area contributed by atoms with Gasteiger partial charge in [0.15, 0.2) is 0 Å². The van der Waals surface area contributed by atoms with Crippen LogP contribution in [0.5, 0.6) is 0 Å². The lowest BCUT2D eigenvalue weighted by atomic mass is 10.1. The Hall–Kier alpha value is -2.16. The van der Waals surface area contributed by atoms with Gasteiger partial charge in [-0.3, -0.25) is 4.79 Å². The van der Waals surface area contributed by atoms with Crippen LogP contribution in [0.25, 0.3) is 0 Å². The van der Waals surface area contributed by atoms with Crippen molar-refractivity contribution in [1.29, 1.82) is 0 Å². The van der Waals surface area contributed by atoms with E-state index in [1.807, 2.05) is 24.3 Å². The molecule has 0 aromatic heterocycles. The first-order chi connectivity index (χ1) is 11.1. The van der Waals surface area contributed by atoms with Crippen molar-refractivity contribution >= 4 is 12.1 Å². The maximum Gasteiger partial charge on any atom is 0.243 e. The molecule has 1 aliphatic rings. The second kappa shape index (κ2) is 8.47. The van der Waals surface area contributed by atoms with Crippen molar-refractivity contribution in [1.82, 2.24) is 5.43 Å². The van der Waals surface area contributed by atoms with Crippen molar-refractivity contribution in [2.24, 2.45) is 11.0 Å². The maximum atomic E-state index is 12.0. The summed E-state index contributed by atoms with van der Waals surface area (Å²) in [5, 5.41) is 4.03. The third-order valence-corrected chi connectivity index (χ3v) is 4.05. The van der Waals surface area contributed by atoms with Crippen LogP contribution in [-0.4, -0.2) is 12.1 Å². The van der Waals surface area contributed by atoms with Crippen LogP contribution in [0.15, 0.2) is 58.7 Å². The van der Waals surface area contributed by atoms with E-state index in [-0.39, 0.29) is 11.8 Å². The number of nitrogens with one attached hydrogen (secondary N) is 1. The molecule has 0 aliphatic heterocycles. The van der Waals surface area contributed by atoms with E-state index < -0.39 is 0 Å². The summed E-state index contributed by atoms with van der Waals surface area (Å²) in [6.45, 7) is 6.30. The normalized spacial score (nSPS) is 20.4. The van der Waals surface area contributed by atoms with E-state index in [0.29, 0.717) is 5.92 Å². The van der Waals surface area contributed by atoms with Gasteiger partial charge in [0.05, 0.1) is 0 Å². The van der Waals surface area contributed by atoms with Gasteiger partial charge in [-0.1, -0.05) is 47.6 Å². The van der Waals surface area contributed by atoms with E-state index >= 15 is 0 Å². The predicted molar refractivity (Wildman–Crippen MR) is 96.3 cm³/mol. The van der Waals surface area contributed by atoms with E-state index in [9.17, 15) is 4.79 Å². The van der Waals surface area contributed by atoms with Gasteiger partial charge in [0.2, 0.25) is 5.91 Å².